The summed E-state index contributed by atoms with van der Waals surface area (Å²) in [7, 11) is 0. The van der Waals surface area contributed by atoms with Gasteiger partial charge in [-0.1, -0.05) is 25.2 Å². The number of fused-ring (bicyclic) bond motifs is 1. The van der Waals surface area contributed by atoms with E-state index < -0.39 is 0 Å². The first-order chi connectivity index (χ1) is 4.74. The fourth-order valence-corrected chi connectivity index (χ4v) is 1.51. The van der Waals surface area contributed by atoms with Crippen molar-refractivity contribution in [1.29, 1.82) is 0 Å². The Bertz CT molecular complexity index is 237. The Morgan fingerprint density at radius 3 is 3.20 bits per heavy atom. The standard InChI is InChI=1S/C9H10O/c1-9-3-2-7(6-10)4-8(9)5-9/h2-4,6,8H,5H2,1H3. The number of carbonyl (C=O) groups excluding carboxylic acids is 1. The number of carbonyl (C=O) groups is 1. The van der Waals surface area contributed by atoms with Crippen LogP contribution in [0.15, 0.2) is 23.8 Å². The summed E-state index contributed by atoms with van der Waals surface area (Å²) in [5.41, 5.74) is 1.26. The molecule has 0 radical (unpaired) electrons. The minimum atomic E-state index is 0.409. The summed E-state index contributed by atoms with van der Waals surface area (Å²) < 4.78 is 0. The Kier molecular flexibility index (Phi) is 0.942. The number of hydrogen-bond acceptors (Lipinski definition) is 1. The zero-order valence-corrected chi connectivity index (χ0v) is 6.00. The molecule has 0 amide bonds. The second-order valence-corrected chi connectivity index (χ2v) is 3.43. The van der Waals surface area contributed by atoms with Crippen molar-refractivity contribution in [2.24, 2.45) is 11.3 Å². The highest BCUT2D eigenvalue weighted by molar-refractivity contribution is 5.78. The molecule has 1 nitrogen and oxygen atoms in total. The molecule has 0 aromatic heterocycles. The molecule has 2 unspecified atom stereocenters. The van der Waals surface area contributed by atoms with E-state index in [4.69, 9.17) is 0 Å². The normalized spacial score (nSPS) is 42.1. The highest BCUT2D eigenvalue weighted by Gasteiger charge is 2.47. The van der Waals surface area contributed by atoms with Gasteiger partial charge in [0.25, 0.3) is 0 Å². The fourth-order valence-electron chi connectivity index (χ4n) is 1.51. The number of hydrogen-bond donors (Lipinski definition) is 0. The van der Waals surface area contributed by atoms with E-state index in [0.717, 1.165) is 11.9 Å². The van der Waals surface area contributed by atoms with Crippen molar-refractivity contribution in [3.8, 4) is 0 Å². The number of allylic oxidation sites excluding steroid dienone is 4. The average molecular weight is 134 g/mol. The van der Waals surface area contributed by atoms with E-state index in [1.807, 2.05) is 6.08 Å². The predicted octanol–water partition coefficient (Wildman–Crippen LogP) is 1.71. The minimum Gasteiger partial charge on any atom is -0.298 e. The highest BCUT2D eigenvalue weighted by Crippen LogP contribution is 2.56. The summed E-state index contributed by atoms with van der Waals surface area (Å²) in [5, 5.41) is 0. The van der Waals surface area contributed by atoms with Gasteiger partial charge in [-0.2, -0.15) is 0 Å². The van der Waals surface area contributed by atoms with Crippen LogP contribution >= 0.6 is 0 Å². The van der Waals surface area contributed by atoms with Gasteiger partial charge in [0.05, 0.1) is 0 Å². The molecule has 0 saturated heterocycles. The summed E-state index contributed by atoms with van der Waals surface area (Å²) in [6, 6.07) is 0. The molecule has 0 N–H and O–H groups in total. The molecule has 2 rings (SSSR count). The van der Waals surface area contributed by atoms with Crippen LogP contribution in [0.4, 0.5) is 0 Å². The van der Waals surface area contributed by atoms with Crippen LogP contribution in [0.25, 0.3) is 0 Å². The molecule has 1 fully saturated rings. The van der Waals surface area contributed by atoms with Crippen molar-refractivity contribution in [3.63, 3.8) is 0 Å². The monoisotopic (exact) mass is 134 g/mol. The third-order valence-electron chi connectivity index (χ3n) is 2.53. The van der Waals surface area contributed by atoms with E-state index >= 15 is 0 Å². The fraction of sp³-hybridized carbons (Fsp3) is 0.444. The maximum atomic E-state index is 10.3. The third kappa shape index (κ3) is 0.666. The molecular formula is C9H10O. The minimum absolute atomic E-state index is 0.409. The summed E-state index contributed by atoms with van der Waals surface area (Å²) in [5.74, 6) is 0.651. The molecule has 0 aromatic rings. The number of aldehydes is 1. The van der Waals surface area contributed by atoms with Gasteiger partial charge in [0.2, 0.25) is 0 Å². The van der Waals surface area contributed by atoms with Gasteiger partial charge in [-0.25, -0.2) is 0 Å². The maximum Gasteiger partial charge on any atom is 0.149 e. The van der Waals surface area contributed by atoms with E-state index in [-0.39, 0.29) is 0 Å². The van der Waals surface area contributed by atoms with E-state index in [1.54, 1.807) is 0 Å². The Morgan fingerprint density at radius 1 is 1.80 bits per heavy atom. The van der Waals surface area contributed by atoms with E-state index in [1.165, 1.54) is 6.42 Å². The van der Waals surface area contributed by atoms with Crippen molar-refractivity contribution in [3.05, 3.63) is 23.8 Å². The van der Waals surface area contributed by atoms with E-state index in [2.05, 4.69) is 19.1 Å². The first kappa shape index (κ1) is 5.90. The first-order valence-electron chi connectivity index (χ1n) is 3.61. The lowest BCUT2D eigenvalue weighted by molar-refractivity contribution is -0.104. The molecule has 0 aromatic carbocycles. The highest BCUT2D eigenvalue weighted by atomic mass is 16.1. The quantitative estimate of drug-likeness (QED) is 0.499. The summed E-state index contributed by atoms with van der Waals surface area (Å²) in [6.07, 6.45) is 8.31. The maximum absolute atomic E-state index is 10.3. The summed E-state index contributed by atoms with van der Waals surface area (Å²) in [6.45, 7) is 2.23. The molecule has 0 heterocycles. The van der Waals surface area contributed by atoms with Crippen molar-refractivity contribution < 1.29 is 4.79 Å². The van der Waals surface area contributed by atoms with Crippen molar-refractivity contribution in [1.82, 2.24) is 0 Å². The molecule has 10 heavy (non-hydrogen) atoms. The topological polar surface area (TPSA) is 17.1 Å². The van der Waals surface area contributed by atoms with Crippen LogP contribution in [0.1, 0.15) is 13.3 Å². The van der Waals surface area contributed by atoms with Crippen LogP contribution in [-0.2, 0) is 4.79 Å². The molecule has 0 aliphatic heterocycles. The van der Waals surface area contributed by atoms with Crippen molar-refractivity contribution >= 4 is 6.29 Å². The molecule has 0 bridgehead atoms. The summed E-state index contributed by atoms with van der Waals surface area (Å²) in [4.78, 5) is 10.3. The van der Waals surface area contributed by atoms with Crippen LogP contribution in [-0.4, -0.2) is 6.29 Å². The molecular weight excluding hydrogens is 124 g/mol. The van der Waals surface area contributed by atoms with Gasteiger partial charge in [-0.3, -0.25) is 4.79 Å². The molecule has 2 atom stereocenters. The molecule has 1 heteroatoms. The van der Waals surface area contributed by atoms with E-state index in [0.29, 0.717) is 11.3 Å². The Morgan fingerprint density at radius 2 is 2.60 bits per heavy atom. The Balaban J connectivity index is 2.27. The average Bonchev–Trinajstić information content (AvgIpc) is 2.59. The van der Waals surface area contributed by atoms with Crippen LogP contribution in [0, 0.1) is 11.3 Å². The van der Waals surface area contributed by atoms with Gasteiger partial charge in [0.15, 0.2) is 0 Å². The largest absolute Gasteiger partial charge is 0.298 e. The molecule has 1 saturated carbocycles. The third-order valence-corrected chi connectivity index (χ3v) is 2.53. The zero-order valence-electron chi connectivity index (χ0n) is 6.00. The van der Waals surface area contributed by atoms with Gasteiger partial charge >= 0.3 is 0 Å². The van der Waals surface area contributed by atoms with Crippen LogP contribution in [0.2, 0.25) is 0 Å². The Hall–Kier alpha value is -0.850. The smallest absolute Gasteiger partial charge is 0.149 e. The van der Waals surface area contributed by atoms with E-state index in [9.17, 15) is 4.79 Å². The molecule has 2 aliphatic carbocycles. The lowest BCUT2D eigenvalue weighted by Crippen LogP contribution is -1.97. The van der Waals surface area contributed by atoms with Crippen LogP contribution in [0.3, 0.4) is 0 Å². The van der Waals surface area contributed by atoms with Crippen LogP contribution in [0.5, 0.6) is 0 Å². The predicted molar refractivity (Wildman–Crippen MR) is 39.5 cm³/mol. The second-order valence-electron chi connectivity index (χ2n) is 3.43. The second kappa shape index (κ2) is 1.60. The van der Waals surface area contributed by atoms with Crippen LogP contribution < -0.4 is 0 Å². The number of rotatable bonds is 1. The molecule has 2 aliphatic rings. The van der Waals surface area contributed by atoms with Gasteiger partial charge in [0, 0.05) is 5.57 Å². The summed E-state index contributed by atoms with van der Waals surface area (Å²) >= 11 is 0. The van der Waals surface area contributed by atoms with Gasteiger partial charge in [-0.05, 0) is 17.8 Å². The zero-order chi connectivity index (χ0) is 7.19. The van der Waals surface area contributed by atoms with Crippen molar-refractivity contribution in [2.75, 3.05) is 0 Å². The van der Waals surface area contributed by atoms with Gasteiger partial charge in [0.1, 0.15) is 6.29 Å². The van der Waals surface area contributed by atoms with Gasteiger partial charge in [-0.15, -0.1) is 0 Å². The first-order valence-corrected chi connectivity index (χ1v) is 3.61. The van der Waals surface area contributed by atoms with Crippen molar-refractivity contribution in [2.45, 2.75) is 13.3 Å². The SMILES string of the molecule is CC12C=CC(C=O)=CC1C2. The molecule has 0 spiro atoms. The lowest BCUT2D eigenvalue weighted by Gasteiger charge is -2.06. The molecule has 52 valence electrons. The Labute approximate surface area is 60.4 Å². The lowest BCUT2D eigenvalue weighted by atomic mass is 9.99. The van der Waals surface area contributed by atoms with Gasteiger partial charge < -0.3 is 0 Å².